The maximum absolute atomic E-state index is 13.0. The molecule has 0 aromatic carbocycles. The largest absolute Gasteiger partial charge is 0.386 e. The quantitative estimate of drug-likeness (QED) is 0.712. The average molecular weight is 185 g/mol. The molecule has 1 N–H and O–H groups in total. The molecule has 76 valence electrons. The highest BCUT2D eigenvalue weighted by molar-refractivity contribution is 4.97. The van der Waals surface area contributed by atoms with E-state index in [1.165, 1.54) is 0 Å². The van der Waals surface area contributed by atoms with Crippen LogP contribution in [0.4, 0.5) is 4.39 Å². The SMILES string of the molecule is C=C(NC1CCCC(F)C1)C(C)C. The highest BCUT2D eigenvalue weighted by Crippen LogP contribution is 2.22. The van der Waals surface area contributed by atoms with Crippen LogP contribution in [0.2, 0.25) is 0 Å². The first-order valence-corrected chi connectivity index (χ1v) is 5.19. The van der Waals surface area contributed by atoms with Crippen LogP contribution in [-0.2, 0) is 0 Å². The fraction of sp³-hybridized carbons (Fsp3) is 0.818. The van der Waals surface area contributed by atoms with Crippen LogP contribution in [-0.4, -0.2) is 12.2 Å². The van der Waals surface area contributed by atoms with Crippen molar-refractivity contribution in [2.75, 3.05) is 0 Å². The van der Waals surface area contributed by atoms with Gasteiger partial charge in [0.1, 0.15) is 6.17 Å². The Bertz CT molecular complexity index is 177. The van der Waals surface area contributed by atoms with Crippen LogP contribution in [0.5, 0.6) is 0 Å². The molecule has 0 aromatic rings. The first kappa shape index (κ1) is 10.6. The Labute approximate surface area is 80.4 Å². The van der Waals surface area contributed by atoms with Crippen LogP contribution in [0, 0.1) is 5.92 Å². The van der Waals surface area contributed by atoms with E-state index in [2.05, 4.69) is 25.7 Å². The summed E-state index contributed by atoms with van der Waals surface area (Å²) in [5.74, 6) is 0.444. The van der Waals surface area contributed by atoms with Gasteiger partial charge in [-0.15, -0.1) is 0 Å². The van der Waals surface area contributed by atoms with Crippen molar-refractivity contribution in [1.29, 1.82) is 0 Å². The third-order valence-corrected chi connectivity index (χ3v) is 2.70. The van der Waals surface area contributed by atoms with Gasteiger partial charge in [-0.2, -0.15) is 0 Å². The number of halogens is 1. The predicted molar refractivity (Wildman–Crippen MR) is 54.3 cm³/mol. The molecule has 13 heavy (non-hydrogen) atoms. The molecule has 1 aliphatic rings. The van der Waals surface area contributed by atoms with Crippen molar-refractivity contribution in [2.45, 2.75) is 51.7 Å². The summed E-state index contributed by atoms with van der Waals surface area (Å²) < 4.78 is 13.0. The summed E-state index contributed by atoms with van der Waals surface area (Å²) in [6.45, 7) is 8.14. The van der Waals surface area contributed by atoms with Crippen molar-refractivity contribution in [2.24, 2.45) is 5.92 Å². The Morgan fingerprint density at radius 3 is 2.69 bits per heavy atom. The fourth-order valence-corrected chi connectivity index (χ4v) is 1.69. The molecule has 0 amide bonds. The molecule has 2 unspecified atom stereocenters. The van der Waals surface area contributed by atoms with E-state index in [1.807, 2.05) is 0 Å². The minimum absolute atomic E-state index is 0.318. The number of allylic oxidation sites excluding steroid dienone is 1. The lowest BCUT2D eigenvalue weighted by Crippen LogP contribution is -2.35. The van der Waals surface area contributed by atoms with E-state index < -0.39 is 6.17 Å². The third-order valence-electron chi connectivity index (χ3n) is 2.70. The summed E-state index contributed by atoms with van der Waals surface area (Å²) >= 11 is 0. The topological polar surface area (TPSA) is 12.0 Å². The minimum Gasteiger partial charge on any atom is -0.386 e. The van der Waals surface area contributed by atoms with E-state index in [0.717, 1.165) is 25.0 Å². The monoisotopic (exact) mass is 185 g/mol. The van der Waals surface area contributed by atoms with Crippen LogP contribution in [0.1, 0.15) is 39.5 Å². The summed E-state index contributed by atoms with van der Waals surface area (Å²) in [7, 11) is 0. The van der Waals surface area contributed by atoms with Crippen molar-refractivity contribution in [1.82, 2.24) is 5.32 Å². The summed E-state index contributed by atoms with van der Waals surface area (Å²) in [6, 6.07) is 0.318. The molecule has 0 saturated heterocycles. The van der Waals surface area contributed by atoms with Gasteiger partial charge in [0.25, 0.3) is 0 Å². The van der Waals surface area contributed by atoms with Crippen molar-refractivity contribution in [3.63, 3.8) is 0 Å². The number of hydrogen-bond acceptors (Lipinski definition) is 1. The molecule has 1 fully saturated rings. The Hall–Kier alpha value is -0.530. The summed E-state index contributed by atoms with van der Waals surface area (Å²) in [5.41, 5.74) is 1.04. The average Bonchev–Trinajstić information content (AvgIpc) is 2.04. The lowest BCUT2D eigenvalue weighted by Gasteiger charge is -2.28. The molecule has 0 bridgehead atoms. The van der Waals surface area contributed by atoms with Gasteiger partial charge >= 0.3 is 0 Å². The van der Waals surface area contributed by atoms with Crippen LogP contribution in [0.15, 0.2) is 12.3 Å². The molecule has 2 atom stereocenters. The maximum Gasteiger partial charge on any atom is 0.102 e. The number of alkyl halides is 1. The maximum atomic E-state index is 13.0. The minimum atomic E-state index is -0.605. The second-order valence-corrected chi connectivity index (χ2v) is 4.29. The molecule has 0 heterocycles. The van der Waals surface area contributed by atoms with E-state index in [4.69, 9.17) is 0 Å². The highest BCUT2D eigenvalue weighted by atomic mass is 19.1. The Kier molecular flexibility index (Phi) is 3.76. The van der Waals surface area contributed by atoms with E-state index in [1.54, 1.807) is 0 Å². The molecule has 1 rings (SSSR count). The summed E-state index contributed by atoms with van der Waals surface area (Å²) in [5, 5.41) is 3.31. The predicted octanol–water partition coefficient (Wildman–Crippen LogP) is 3.03. The van der Waals surface area contributed by atoms with Gasteiger partial charge in [-0.1, -0.05) is 20.4 Å². The van der Waals surface area contributed by atoms with E-state index >= 15 is 0 Å². The summed E-state index contributed by atoms with van der Waals surface area (Å²) in [6.07, 6.45) is 2.89. The zero-order chi connectivity index (χ0) is 9.84. The normalized spacial score (nSPS) is 28.9. The zero-order valence-corrected chi connectivity index (χ0v) is 8.65. The summed E-state index contributed by atoms with van der Waals surface area (Å²) in [4.78, 5) is 0. The van der Waals surface area contributed by atoms with E-state index in [-0.39, 0.29) is 0 Å². The van der Waals surface area contributed by atoms with E-state index in [9.17, 15) is 4.39 Å². The van der Waals surface area contributed by atoms with Crippen molar-refractivity contribution < 1.29 is 4.39 Å². The van der Waals surface area contributed by atoms with Crippen molar-refractivity contribution in [3.05, 3.63) is 12.3 Å². The number of hydrogen-bond donors (Lipinski definition) is 1. The molecule has 1 nitrogen and oxygen atoms in total. The fourth-order valence-electron chi connectivity index (χ4n) is 1.69. The van der Waals surface area contributed by atoms with Gasteiger partial charge in [-0.05, 0) is 31.6 Å². The molecule has 2 heteroatoms. The molecule has 0 radical (unpaired) electrons. The Balaban J connectivity index is 2.31. The zero-order valence-electron chi connectivity index (χ0n) is 8.65. The Morgan fingerprint density at radius 2 is 2.15 bits per heavy atom. The van der Waals surface area contributed by atoms with Crippen molar-refractivity contribution in [3.8, 4) is 0 Å². The van der Waals surface area contributed by atoms with Gasteiger partial charge in [0.15, 0.2) is 0 Å². The molecule has 0 aromatic heterocycles. The van der Waals surface area contributed by atoms with Crippen LogP contribution in [0.25, 0.3) is 0 Å². The first-order valence-electron chi connectivity index (χ1n) is 5.19. The van der Waals surface area contributed by atoms with Gasteiger partial charge in [0.2, 0.25) is 0 Å². The number of nitrogens with one attached hydrogen (secondary N) is 1. The van der Waals surface area contributed by atoms with E-state index in [0.29, 0.717) is 18.4 Å². The van der Waals surface area contributed by atoms with Crippen LogP contribution >= 0.6 is 0 Å². The van der Waals surface area contributed by atoms with Gasteiger partial charge in [0.05, 0.1) is 0 Å². The molecule has 0 spiro atoms. The lowest BCUT2D eigenvalue weighted by atomic mass is 9.93. The standard InChI is InChI=1S/C11H20FN/c1-8(2)9(3)13-11-6-4-5-10(12)7-11/h8,10-11,13H,3-7H2,1-2H3. The smallest absolute Gasteiger partial charge is 0.102 e. The van der Waals surface area contributed by atoms with Crippen molar-refractivity contribution >= 4 is 0 Å². The first-order chi connectivity index (χ1) is 6.09. The Morgan fingerprint density at radius 1 is 1.46 bits per heavy atom. The van der Waals surface area contributed by atoms with Crippen LogP contribution < -0.4 is 5.32 Å². The van der Waals surface area contributed by atoms with Gasteiger partial charge < -0.3 is 5.32 Å². The molecule has 0 aliphatic heterocycles. The second-order valence-electron chi connectivity index (χ2n) is 4.29. The van der Waals surface area contributed by atoms with Crippen LogP contribution in [0.3, 0.4) is 0 Å². The highest BCUT2D eigenvalue weighted by Gasteiger charge is 2.21. The third kappa shape index (κ3) is 3.37. The molecular weight excluding hydrogens is 165 g/mol. The lowest BCUT2D eigenvalue weighted by molar-refractivity contribution is 0.217. The molecular formula is C11H20FN. The van der Waals surface area contributed by atoms with Gasteiger partial charge in [0, 0.05) is 11.7 Å². The van der Waals surface area contributed by atoms with Gasteiger partial charge in [-0.3, -0.25) is 0 Å². The van der Waals surface area contributed by atoms with Gasteiger partial charge in [-0.25, -0.2) is 4.39 Å². The second kappa shape index (κ2) is 4.64. The molecule has 1 saturated carbocycles. The molecule has 1 aliphatic carbocycles. The number of rotatable bonds is 3.